The van der Waals surface area contributed by atoms with Gasteiger partial charge in [-0.1, -0.05) is 91.0 Å². The van der Waals surface area contributed by atoms with E-state index in [-0.39, 0.29) is 11.9 Å². The quantitative estimate of drug-likeness (QED) is 0.239. The summed E-state index contributed by atoms with van der Waals surface area (Å²) in [6.45, 7) is 3.92. The van der Waals surface area contributed by atoms with Crippen molar-refractivity contribution in [3.05, 3.63) is 132 Å². The van der Waals surface area contributed by atoms with Crippen LogP contribution in [0.15, 0.2) is 114 Å². The van der Waals surface area contributed by atoms with Crippen LogP contribution in [0, 0.1) is 6.92 Å². The van der Waals surface area contributed by atoms with Crippen LogP contribution in [0.3, 0.4) is 0 Å². The van der Waals surface area contributed by atoms with Crippen molar-refractivity contribution in [3.63, 3.8) is 0 Å². The number of hydrogen-bond donors (Lipinski definition) is 1. The number of hydrogen-bond acceptors (Lipinski definition) is 3. The molecule has 0 saturated heterocycles. The molecule has 1 amide bonds. The molecule has 4 aromatic carbocycles. The van der Waals surface area contributed by atoms with Crippen molar-refractivity contribution in [1.82, 2.24) is 5.32 Å². The molecule has 0 atom stereocenters. The summed E-state index contributed by atoms with van der Waals surface area (Å²) >= 11 is 0. The Hall–Kier alpha value is -4.57. The van der Waals surface area contributed by atoms with Gasteiger partial charge in [0.25, 0.3) is 0 Å². The van der Waals surface area contributed by atoms with Gasteiger partial charge in [0, 0.05) is 28.2 Å². The summed E-state index contributed by atoms with van der Waals surface area (Å²) in [5.74, 6) is 0.524. The Morgan fingerprint density at radius 1 is 0.892 bits per heavy atom. The van der Waals surface area contributed by atoms with Crippen molar-refractivity contribution in [2.75, 3.05) is 7.11 Å². The lowest BCUT2D eigenvalue weighted by atomic mass is 9.96. The molecule has 0 fully saturated rings. The third-order valence-electron chi connectivity index (χ3n) is 6.66. The smallest absolute Gasteiger partial charge is 0.245 e. The van der Waals surface area contributed by atoms with Gasteiger partial charge in [0.05, 0.1) is 19.4 Å². The summed E-state index contributed by atoms with van der Waals surface area (Å²) in [5.41, 5.74) is 7.47. The van der Waals surface area contributed by atoms with Crippen LogP contribution in [0.2, 0.25) is 0 Å². The number of aryl methyl sites for hydroxylation is 1. The van der Waals surface area contributed by atoms with Crippen molar-refractivity contribution in [1.29, 1.82) is 0 Å². The monoisotopic (exact) mass is 487 g/mol. The number of amides is 1. The van der Waals surface area contributed by atoms with E-state index in [0.717, 1.165) is 49.9 Å². The first-order valence-corrected chi connectivity index (χ1v) is 12.3. The second-order valence-corrected chi connectivity index (χ2v) is 9.06. The highest BCUT2D eigenvalue weighted by Crippen LogP contribution is 2.40. The highest BCUT2D eigenvalue weighted by Gasteiger charge is 2.20. The maximum absolute atomic E-state index is 13.3. The molecule has 0 spiro atoms. The van der Waals surface area contributed by atoms with Crippen LogP contribution in [0.5, 0.6) is 5.75 Å². The number of furan rings is 1. The first kappa shape index (κ1) is 24.1. The van der Waals surface area contributed by atoms with Gasteiger partial charge in [-0.05, 0) is 42.2 Å². The minimum atomic E-state index is -0.261. The van der Waals surface area contributed by atoms with Crippen LogP contribution in [-0.4, -0.2) is 13.0 Å². The fraction of sp³-hybridized carbons (Fsp3) is 0.121. The van der Waals surface area contributed by atoms with Gasteiger partial charge in [0.15, 0.2) is 0 Å². The maximum atomic E-state index is 13.3. The van der Waals surface area contributed by atoms with Crippen molar-refractivity contribution in [3.8, 4) is 16.9 Å². The zero-order valence-electron chi connectivity index (χ0n) is 21.2. The molecule has 1 heterocycles. The van der Waals surface area contributed by atoms with E-state index >= 15 is 0 Å². The molecule has 5 rings (SSSR count). The summed E-state index contributed by atoms with van der Waals surface area (Å²) in [6.07, 6.45) is 3.43. The number of methoxy groups -OCH3 is 1. The number of benzene rings is 4. The molecule has 0 saturated carbocycles. The summed E-state index contributed by atoms with van der Waals surface area (Å²) in [5, 5.41) is 4.18. The van der Waals surface area contributed by atoms with Gasteiger partial charge in [-0.15, -0.1) is 0 Å². The van der Waals surface area contributed by atoms with E-state index in [1.807, 2.05) is 92.7 Å². The fourth-order valence-electron chi connectivity index (χ4n) is 4.82. The van der Waals surface area contributed by atoms with Crippen LogP contribution in [0.4, 0.5) is 0 Å². The zero-order valence-corrected chi connectivity index (χ0v) is 21.2. The van der Waals surface area contributed by atoms with E-state index in [4.69, 9.17) is 9.15 Å². The Kier molecular flexibility index (Phi) is 6.91. The SMILES string of the molecule is COc1c(/C(C)=C/C(=O)NC(c2ccccc2)c2ccccc2)cc2c(-c3ccccc3)coc2c1C. The maximum Gasteiger partial charge on any atom is 0.245 e. The second kappa shape index (κ2) is 10.6. The van der Waals surface area contributed by atoms with E-state index < -0.39 is 0 Å². The Bertz CT molecular complexity index is 1510. The van der Waals surface area contributed by atoms with Gasteiger partial charge in [-0.2, -0.15) is 0 Å². The molecule has 0 radical (unpaired) electrons. The number of fused-ring (bicyclic) bond motifs is 1. The van der Waals surface area contributed by atoms with Crippen molar-refractivity contribution in [2.45, 2.75) is 19.9 Å². The van der Waals surface area contributed by atoms with E-state index in [9.17, 15) is 4.79 Å². The average molecular weight is 488 g/mol. The van der Waals surface area contributed by atoms with Gasteiger partial charge in [0.1, 0.15) is 11.3 Å². The summed E-state index contributed by atoms with van der Waals surface area (Å²) in [6, 6.07) is 31.9. The fourth-order valence-corrected chi connectivity index (χ4v) is 4.82. The molecular weight excluding hydrogens is 458 g/mol. The molecule has 1 aromatic heterocycles. The van der Waals surface area contributed by atoms with Crippen LogP contribution in [0.25, 0.3) is 27.7 Å². The highest BCUT2D eigenvalue weighted by molar-refractivity contribution is 6.01. The van der Waals surface area contributed by atoms with Crippen LogP contribution in [0.1, 0.15) is 35.2 Å². The molecular formula is C33H29NO3. The number of nitrogens with one attached hydrogen (secondary N) is 1. The Labute approximate surface area is 217 Å². The third kappa shape index (κ3) is 4.91. The van der Waals surface area contributed by atoms with Gasteiger partial charge >= 0.3 is 0 Å². The van der Waals surface area contributed by atoms with Gasteiger partial charge in [-0.3, -0.25) is 4.79 Å². The molecule has 1 N–H and O–H groups in total. The van der Waals surface area contributed by atoms with Crippen LogP contribution >= 0.6 is 0 Å². The van der Waals surface area contributed by atoms with E-state index in [0.29, 0.717) is 5.75 Å². The van der Waals surface area contributed by atoms with Crippen LogP contribution in [-0.2, 0) is 4.79 Å². The van der Waals surface area contributed by atoms with E-state index in [1.165, 1.54) is 0 Å². The zero-order chi connectivity index (χ0) is 25.8. The summed E-state index contributed by atoms with van der Waals surface area (Å²) < 4.78 is 11.8. The minimum absolute atomic E-state index is 0.175. The summed E-state index contributed by atoms with van der Waals surface area (Å²) in [4.78, 5) is 13.3. The number of carbonyl (C=O) groups excluding carboxylic acids is 1. The number of carbonyl (C=O) groups is 1. The minimum Gasteiger partial charge on any atom is -0.496 e. The lowest BCUT2D eigenvalue weighted by Crippen LogP contribution is -2.27. The first-order chi connectivity index (χ1) is 18.1. The molecule has 0 aliphatic heterocycles. The topological polar surface area (TPSA) is 51.5 Å². The molecule has 37 heavy (non-hydrogen) atoms. The second-order valence-electron chi connectivity index (χ2n) is 9.06. The van der Waals surface area contributed by atoms with E-state index in [2.05, 4.69) is 23.5 Å². The molecule has 4 nitrogen and oxygen atoms in total. The van der Waals surface area contributed by atoms with Crippen molar-refractivity contribution in [2.24, 2.45) is 0 Å². The molecule has 184 valence electrons. The van der Waals surface area contributed by atoms with E-state index in [1.54, 1.807) is 19.4 Å². The molecule has 5 aromatic rings. The Morgan fingerprint density at radius 3 is 2.03 bits per heavy atom. The van der Waals surface area contributed by atoms with Crippen molar-refractivity contribution < 1.29 is 13.9 Å². The number of ether oxygens (including phenoxy) is 1. The van der Waals surface area contributed by atoms with Gasteiger partial charge in [-0.25, -0.2) is 0 Å². The lowest BCUT2D eigenvalue weighted by molar-refractivity contribution is -0.116. The van der Waals surface area contributed by atoms with Gasteiger partial charge < -0.3 is 14.5 Å². The molecule has 0 unspecified atom stereocenters. The van der Waals surface area contributed by atoms with Crippen molar-refractivity contribution >= 4 is 22.4 Å². The normalized spacial score (nSPS) is 11.6. The number of allylic oxidation sites excluding steroid dienone is 1. The standard InChI is InChI=1S/C33H29NO3/c1-22(19-30(35)34-31(25-15-9-5-10-16-25)26-17-11-6-12-18-26)27-20-28-29(24-13-7-4-8-14-24)21-37-33(28)23(2)32(27)36-3/h4-21,31H,1-3H3,(H,34,35)/b22-19+. The summed E-state index contributed by atoms with van der Waals surface area (Å²) in [7, 11) is 1.65. The number of rotatable bonds is 7. The predicted molar refractivity (Wildman–Crippen MR) is 149 cm³/mol. The molecule has 0 aliphatic rings. The van der Waals surface area contributed by atoms with Crippen LogP contribution < -0.4 is 10.1 Å². The Balaban J connectivity index is 1.52. The first-order valence-electron chi connectivity index (χ1n) is 12.3. The van der Waals surface area contributed by atoms with Gasteiger partial charge in [0.2, 0.25) is 5.91 Å². The highest BCUT2D eigenvalue weighted by atomic mass is 16.5. The molecule has 0 bridgehead atoms. The lowest BCUT2D eigenvalue weighted by Gasteiger charge is -2.19. The Morgan fingerprint density at radius 2 is 1.46 bits per heavy atom. The predicted octanol–water partition coefficient (Wildman–Crippen LogP) is 7.73. The third-order valence-corrected chi connectivity index (χ3v) is 6.66. The largest absolute Gasteiger partial charge is 0.496 e. The molecule has 0 aliphatic carbocycles. The average Bonchev–Trinajstić information content (AvgIpc) is 3.37. The molecule has 4 heteroatoms.